The van der Waals surface area contributed by atoms with E-state index in [0.29, 0.717) is 17.3 Å². The maximum Gasteiger partial charge on any atom is 0.240 e. The molecule has 2 rings (SSSR count). The first-order valence-corrected chi connectivity index (χ1v) is 5.82. The Hall–Kier alpha value is -0.970. The Morgan fingerprint density at radius 2 is 2.22 bits per heavy atom. The number of rotatable bonds is 4. The number of hydrogen-bond donors (Lipinski definition) is 2. The van der Waals surface area contributed by atoms with Crippen molar-refractivity contribution in [1.82, 2.24) is 5.32 Å². The van der Waals surface area contributed by atoms with Gasteiger partial charge in [0.1, 0.15) is 5.75 Å². The van der Waals surface area contributed by atoms with Gasteiger partial charge in [-0.1, -0.05) is 11.6 Å². The molecule has 0 unspecified atom stereocenters. The maximum absolute atomic E-state index is 11.7. The fraction of sp³-hybridized carbons (Fsp3) is 0.417. The first-order valence-electron chi connectivity index (χ1n) is 5.45. The molecule has 1 saturated carbocycles. The Balaban J connectivity index is 0.00000162. The van der Waals surface area contributed by atoms with Crippen molar-refractivity contribution in [2.75, 3.05) is 7.11 Å². The SMILES string of the molecule is COc1ccc(Cl)cc1CNC(=O)C1(N)CC1.Cl. The van der Waals surface area contributed by atoms with Gasteiger partial charge >= 0.3 is 0 Å². The molecule has 1 aliphatic rings. The smallest absolute Gasteiger partial charge is 0.240 e. The zero-order valence-corrected chi connectivity index (χ0v) is 11.6. The van der Waals surface area contributed by atoms with Crippen molar-refractivity contribution in [2.45, 2.75) is 24.9 Å². The zero-order chi connectivity index (χ0) is 12.5. The van der Waals surface area contributed by atoms with Gasteiger partial charge in [0.2, 0.25) is 5.91 Å². The van der Waals surface area contributed by atoms with Gasteiger partial charge in [-0.05, 0) is 31.0 Å². The molecule has 0 heterocycles. The number of benzene rings is 1. The van der Waals surface area contributed by atoms with Crippen LogP contribution in [-0.4, -0.2) is 18.6 Å². The summed E-state index contributed by atoms with van der Waals surface area (Å²) in [4.78, 5) is 11.7. The molecular formula is C12H16Cl2N2O2. The van der Waals surface area contributed by atoms with Crippen molar-refractivity contribution in [1.29, 1.82) is 0 Å². The molecule has 6 heteroatoms. The van der Waals surface area contributed by atoms with E-state index in [0.717, 1.165) is 18.4 Å². The molecule has 1 aromatic rings. The van der Waals surface area contributed by atoms with Gasteiger partial charge in [-0.15, -0.1) is 12.4 Å². The molecule has 3 N–H and O–H groups in total. The minimum Gasteiger partial charge on any atom is -0.496 e. The van der Waals surface area contributed by atoms with E-state index in [4.69, 9.17) is 22.1 Å². The van der Waals surface area contributed by atoms with Crippen molar-refractivity contribution in [3.05, 3.63) is 28.8 Å². The molecule has 1 aliphatic carbocycles. The van der Waals surface area contributed by atoms with E-state index in [1.54, 1.807) is 25.3 Å². The molecule has 1 amide bonds. The number of carbonyl (C=O) groups is 1. The molecule has 0 aliphatic heterocycles. The molecule has 4 nitrogen and oxygen atoms in total. The van der Waals surface area contributed by atoms with Crippen LogP contribution in [0.5, 0.6) is 5.75 Å². The number of amides is 1. The highest BCUT2D eigenvalue weighted by Gasteiger charge is 2.45. The van der Waals surface area contributed by atoms with Crippen LogP contribution in [0.25, 0.3) is 0 Å². The molecule has 0 aromatic heterocycles. The van der Waals surface area contributed by atoms with Crippen LogP contribution in [0.15, 0.2) is 18.2 Å². The third-order valence-corrected chi connectivity index (χ3v) is 3.16. The standard InChI is InChI=1S/C12H15ClN2O2.ClH/c1-17-10-3-2-9(13)6-8(10)7-15-11(16)12(14)4-5-12;/h2-3,6H,4-5,7,14H2,1H3,(H,15,16);1H. The molecule has 100 valence electrons. The van der Waals surface area contributed by atoms with Gasteiger partial charge in [0.05, 0.1) is 12.6 Å². The van der Waals surface area contributed by atoms with Crippen LogP contribution in [0.3, 0.4) is 0 Å². The molecule has 0 radical (unpaired) electrons. The lowest BCUT2D eigenvalue weighted by Crippen LogP contribution is -2.42. The van der Waals surface area contributed by atoms with E-state index in [2.05, 4.69) is 5.32 Å². The normalized spacial score (nSPS) is 15.5. The third kappa shape index (κ3) is 3.28. The van der Waals surface area contributed by atoms with E-state index in [1.165, 1.54) is 0 Å². The van der Waals surface area contributed by atoms with E-state index < -0.39 is 5.54 Å². The molecule has 1 aromatic carbocycles. The quantitative estimate of drug-likeness (QED) is 0.890. The van der Waals surface area contributed by atoms with Crippen LogP contribution in [0, 0.1) is 0 Å². The lowest BCUT2D eigenvalue weighted by Gasteiger charge is -2.12. The van der Waals surface area contributed by atoms with Crippen molar-refractivity contribution < 1.29 is 9.53 Å². The van der Waals surface area contributed by atoms with E-state index in [1.807, 2.05) is 0 Å². The Labute approximate surface area is 117 Å². The third-order valence-electron chi connectivity index (χ3n) is 2.92. The second kappa shape index (κ2) is 5.78. The van der Waals surface area contributed by atoms with E-state index >= 15 is 0 Å². The Morgan fingerprint density at radius 3 is 2.78 bits per heavy atom. The zero-order valence-electron chi connectivity index (χ0n) is 10.0. The van der Waals surface area contributed by atoms with Crippen molar-refractivity contribution in [2.24, 2.45) is 5.73 Å². The summed E-state index contributed by atoms with van der Waals surface area (Å²) in [6.45, 7) is 0.377. The van der Waals surface area contributed by atoms with Crippen molar-refractivity contribution in [3.63, 3.8) is 0 Å². The monoisotopic (exact) mass is 290 g/mol. The van der Waals surface area contributed by atoms with Crippen molar-refractivity contribution >= 4 is 29.9 Å². The first-order chi connectivity index (χ1) is 8.05. The molecular weight excluding hydrogens is 275 g/mol. The summed E-state index contributed by atoms with van der Waals surface area (Å²) >= 11 is 5.90. The number of nitrogens with one attached hydrogen (secondary N) is 1. The Morgan fingerprint density at radius 1 is 1.56 bits per heavy atom. The molecule has 1 fully saturated rings. The van der Waals surface area contributed by atoms with Crippen LogP contribution in [0.4, 0.5) is 0 Å². The molecule has 0 atom stereocenters. The summed E-state index contributed by atoms with van der Waals surface area (Å²) in [7, 11) is 1.58. The first kappa shape index (κ1) is 15.1. The maximum atomic E-state index is 11.7. The number of nitrogens with two attached hydrogens (primary N) is 1. The van der Waals surface area contributed by atoms with Gasteiger partial charge in [-0.2, -0.15) is 0 Å². The van der Waals surface area contributed by atoms with Crippen LogP contribution in [0.1, 0.15) is 18.4 Å². The van der Waals surface area contributed by atoms with Gasteiger partial charge in [0, 0.05) is 17.1 Å². The summed E-state index contributed by atoms with van der Waals surface area (Å²) in [6, 6.07) is 5.30. The largest absolute Gasteiger partial charge is 0.496 e. The fourth-order valence-electron chi connectivity index (χ4n) is 1.60. The minimum absolute atomic E-state index is 0. The van der Waals surface area contributed by atoms with Crippen LogP contribution < -0.4 is 15.8 Å². The van der Waals surface area contributed by atoms with Gasteiger partial charge in [0.15, 0.2) is 0 Å². The average molecular weight is 291 g/mol. The molecule has 18 heavy (non-hydrogen) atoms. The number of halogens is 2. The number of carbonyl (C=O) groups excluding carboxylic acids is 1. The van der Waals surface area contributed by atoms with Gasteiger partial charge < -0.3 is 15.8 Å². The highest BCUT2D eigenvalue weighted by atomic mass is 35.5. The van der Waals surface area contributed by atoms with Crippen LogP contribution in [-0.2, 0) is 11.3 Å². The second-order valence-corrected chi connectivity index (χ2v) is 4.73. The fourth-order valence-corrected chi connectivity index (χ4v) is 1.79. The van der Waals surface area contributed by atoms with E-state index in [-0.39, 0.29) is 18.3 Å². The number of hydrogen-bond acceptors (Lipinski definition) is 3. The van der Waals surface area contributed by atoms with E-state index in [9.17, 15) is 4.79 Å². The minimum atomic E-state index is -0.647. The average Bonchev–Trinajstić information content (AvgIpc) is 3.06. The second-order valence-electron chi connectivity index (χ2n) is 4.29. The summed E-state index contributed by atoms with van der Waals surface area (Å²) < 4.78 is 5.19. The summed E-state index contributed by atoms with van der Waals surface area (Å²) in [5.74, 6) is 0.594. The van der Waals surface area contributed by atoms with Crippen LogP contribution >= 0.6 is 24.0 Å². The van der Waals surface area contributed by atoms with Crippen LogP contribution in [0.2, 0.25) is 5.02 Å². The predicted octanol–water partition coefficient (Wildman–Crippen LogP) is 1.88. The summed E-state index contributed by atoms with van der Waals surface area (Å²) in [5.41, 5.74) is 5.98. The molecule has 0 bridgehead atoms. The summed E-state index contributed by atoms with van der Waals surface area (Å²) in [5, 5.41) is 3.42. The Bertz CT molecular complexity index is 448. The number of methoxy groups -OCH3 is 1. The highest BCUT2D eigenvalue weighted by Crippen LogP contribution is 2.32. The van der Waals surface area contributed by atoms with Crippen molar-refractivity contribution in [3.8, 4) is 5.75 Å². The summed E-state index contributed by atoms with van der Waals surface area (Å²) in [6.07, 6.45) is 1.51. The van der Waals surface area contributed by atoms with Gasteiger partial charge in [-0.25, -0.2) is 0 Å². The highest BCUT2D eigenvalue weighted by molar-refractivity contribution is 6.30. The topological polar surface area (TPSA) is 64.3 Å². The number of ether oxygens (including phenoxy) is 1. The molecule has 0 spiro atoms. The Kier molecular flexibility index (Phi) is 4.85. The lowest BCUT2D eigenvalue weighted by atomic mass is 10.2. The van der Waals surface area contributed by atoms with Gasteiger partial charge in [-0.3, -0.25) is 4.79 Å². The lowest BCUT2D eigenvalue weighted by molar-refractivity contribution is -0.123. The molecule has 0 saturated heterocycles. The predicted molar refractivity (Wildman–Crippen MR) is 73.3 cm³/mol. The van der Waals surface area contributed by atoms with Gasteiger partial charge in [0.25, 0.3) is 0 Å².